The standard InChI is InChI=1S/C35H61NO4P/c1-11-15-18-41-32(25(7)26(8)34(40)27(9)29(14-4)20-31(39)24(6)22-37)21-35(41,17-13-3)33(28(10)38)30(36-41)19-23(5)16-12-2/h1,22-24,26-30,32-34,36,38,40H,7,12-21H2,2-6,8-10H3/q+1/t23?,24?,26?,27-,28?,29-,30?,32+,33?,34?,35-,41?/m0/s1. The van der Waals surface area contributed by atoms with Crippen molar-refractivity contribution in [1.29, 1.82) is 0 Å². The van der Waals surface area contributed by atoms with E-state index in [1.807, 2.05) is 13.8 Å². The van der Waals surface area contributed by atoms with E-state index >= 15 is 0 Å². The largest absolute Gasteiger partial charge is 0.393 e. The van der Waals surface area contributed by atoms with E-state index in [9.17, 15) is 19.8 Å². The van der Waals surface area contributed by atoms with Crippen LogP contribution in [0.25, 0.3) is 0 Å². The Kier molecular flexibility index (Phi) is 13.8. The number of hydrogen-bond acceptors (Lipinski definition) is 5. The van der Waals surface area contributed by atoms with Crippen molar-refractivity contribution in [2.24, 2.45) is 35.5 Å². The highest BCUT2D eigenvalue weighted by Gasteiger charge is 2.81. The number of carbonyl (C=O) groups is 2. The fraction of sp³-hybridized carbons (Fsp3) is 0.829. The Morgan fingerprint density at radius 1 is 1.17 bits per heavy atom. The van der Waals surface area contributed by atoms with Gasteiger partial charge in [-0.25, -0.2) is 0 Å². The van der Waals surface area contributed by atoms with Gasteiger partial charge in [0.25, 0.3) is 0 Å². The Bertz CT molecular complexity index is 930. The first-order valence-corrected chi connectivity index (χ1v) is 18.5. The molecule has 6 heteroatoms. The van der Waals surface area contributed by atoms with Gasteiger partial charge in [0, 0.05) is 31.1 Å². The van der Waals surface area contributed by atoms with E-state index in [0.29, 0.717) is 25.0 Å². The highest BCUT2D eigenvalue weighted by Crippen LogP contribution is 2.88. The number of hydrogen-bond donors (Lipinski definition) is 3. The first kappa shape index (κ1) is 36.1. The number of rotatable bonds is 19. The van der Waals surface area contributed by atoms with E-state index in [1.54, 1.807) is 6.92 Å². The molecule has 2 aliphatic rings. The van der Waals surface area contributed by atoms with Gasteiger partial charge in [-0.3, -0.25) is 4.79 Å². The number of aliphatic hydroxyl groups is 2. The van der Waals surface area contributed by atoms with Crippen LogP contribution in [0.3, 0.4) is 0 Å². The third-order valence-electron chi connectivity index (χ3n) is 11.1. The molecule has 0 saturated carbocycles. The van der Waals surface area contributed by atoms with Crippen molar-refractivity contribution in [2.75, 3.05) is 6.16 Å². The number of carbonyl (C=O) groups excluding carboxylic acids is 2. The summed E-state index contributed by atoms with van der Waals surface area (Å²) in [6, 6.07) is 0.265. The third kappa shape index (κ3) is 7.20. The molecule has 0 spiro atoms. The average Bonchev–Trinajstić information content (AvgIpc) is 3.12. The minimum atomic E-state index is -1.85. The molecule has 8 unspecified atom stereocenters. The zero-order chi connectivity index (χ0) is 31.1. The van der Waals surface area contributed by atoms with Crippen LogP contribution in [0.1, 0.15) is 113 Å². The maximum Gasteiger partial charge on any atom is 0.143 e. The number of ketones is 1. The van der Waals surface area contributed by atoms with Gasteiger partial charge < -0.3 is 15.0 Å². The molecular weight excluding hydrogens is 529 g/mol. The molecule has 5 nitrogen and oxygen atoms in total. The minimum absolute atomic E-state index is 0.00887. The van der Waals surface area contributed by atoms with E-state index in [-0.39, 0.29) is 46.3 Å². The molecule has 3 N–H and O–H groups in total. The first-order valence-electron chi connectivity index (χ1n) is 16.4. The average molecular weight is 591 g/mol. The molecule has 41 heavy (non-hydrogen) atoms. The molecular formula is C35H61NO4P+. The Hall–Kier alpha value is -1.05. The highest BCUT2D eigenvalue weighted by atomic mass is 31.2. The Balaban J connectivity index is 2.40. The lowest BCUT2D eigenvalue weighted by Gasteiger charge is -2.57. The van der Waals surface area contributed by atoms with Gasteiger partial charge in [0.2, 0.25) is 0 Å². The van der Waals surface area contributed by atoms with E-state index in [4.69, 9.17) is 6.42 Å². The van der Waals surface area contributed by atoms with Gasteiger partial charge in [-0.05, 0) is 50.0 Å². The lowest BCUT2D eigenvalue weighted by Crippen LogP contribution is -2.57. The van der Waals surface area contributed by atoms with Crippen molar-refractivity contribution in [1.82, 2.24) is 5.09 Å². The van der Waals surface area contributed by atoms with E-state index in [1.165, 1.54) is 6.42 Å². The predicted molar refractivity (Wildman–Crippen MR) is 174 cm³/mol. The van der Waals surface area contributed by atoms with Crippen LogP contribution in [0.2, 0.25) is 0 Å². The minimum Gasteiger partial charge on any atom is -0.393 e. The molecule has 2 saturated heterocycles. The lowest BCUT2D eigenvalue weighted by atomic mass is 9.71. The van der Waals surface area contributed by atoms with E-state index in [0.717, 1.165) is 50.3 Å². The van der Waals surface area contributed by atoms with Gasteiger partial charge in [0.05, 0.1) is 37.7 Å². The zero-order valence-corrected chi connectivity index (χ0v) is 28.3. The predicted octanol–water partition coefficient (Wildman–Crippen LogP) is 7.06. The van der Waals surface area contributed by atoms with Gasteiger partial charge in [0.15, 0.2) is 0 Å². The molecule has 234 valence electrons. The van der Waals surface area contributed by atoms with Gasteiger partial charge in [0.1, 0.15) is 22.9 Å². The summed E-state index contributed by atoms with van der Waals surface area (Å²) >= 11 is 0. The van der Waals surface area contributed by atoms with Crippen molar-refractivity contribution < 1.29 is 19.8 Å². The Morgan fingerprint density at radius 2 is 1.83 bits per heavy atom. The summed E-state index contributed by atoms with van der Waals surface area (Å²) in [5, 5.41) is 27.2. The number of nitrogens with one attached hydrogen (secondary N) is 1. The van der Waals surface area contributed by atoms with Crippen LogP contribution in [0.5, 0.6) is 0 Å². The van der Waals surface area contributed by atoms with E-state index < -0.39 is 25.5 Å². The summed E-state index contributed by atoms with van der Waals surface area (Å²) in [4.78, 5) is 23.7. The normalized spacial score (nSPS) is 32.4. The topological polar surface area (TPSA) is 86.6 Å². The summed E-state index contributed by atoms with van der Waals surface area (Å²) in [7, 11) is -1.85. The highest BCUT2D eigenvalue weighted by molar-refractivity contribution is 7.78. The molecule has 12 atom stereocenters. The summed E-state index contributed by atoms with van der Waals surface area (Å²) in [6.45, 7) is 21.3. The quantitative estimate of drug-likeness (QED) is 0.0493. The van der Waals surface area contributed by atoms with E-state index in [2.05, 4.69) is 52.2 Å². The SMILES string of the molecule is C#CCC[P+]12NC(CC(C)CCC)C(C(C)O)[C@]1(CCC)C[C@@H]2C(=C)C(C)C(O)[C@@H](C)[C@@H](CC)CC(=O)C(C)C=O. The van der Waals surface area contributed by atoms with Crippen LogP contribution < -0.4 is 5.09 Å². The molecule has 0 bridgehead atoms. The Labute approximate surface area is 252 Å². The number of aliphatic hydroxyl groups excluding tert-OH is 2. The van der Waals surface area contributed by atoms with Gasteiger partial charge >= 0.3 is 0 Å². The number of terminal acetylenes is 1. The molecule has 0 aromatic heterocycles. The maximum absolute atomic E-state index is 12.6. The van der Waals surface area contributed by atoms with Crippen LogP contribution in [0.4, 0.5) is 0 Å². The smallest absolute Gasteiger partial charge is 0.143 e. The molecule has 2 fully saturated rings. The summed E-state index contributed by atoms with van der Waals surface area (Å²) in [5.41, 5.74) is 1.37. The molecule has 0 aromatic carbocycles. The molecule has 0 aromatic rings. The van der Waals surface area contributed by atoms with Gasteiger partial charge in [-0.2, -0.15) is 5.09 Å². The molecule has 2 rings (SSSR count). The second kappa shape index (κ2) is 15.6. The van der Waals surface area contributed by atoms with Crippen molar-refractivity contribution >= 4 is 19.5 Å². The molecule has 0 radical (unpaired) electrons. The van der Waals surface area contributed by atoms with Crippen molar-refractivity contribution in [3.63, 3.8) is 0 Å². The monoisotopic (exact) mass is 590 g/mol. The van der Waals surface area contributed by atoms with Crippen molar-refractivity contribution in [2.45, 2.75) is 142 Å². The second-order valence-electron chi connectivity index (χ2n) is 13.7. The van der Waals surface area contributed by atoms with Crippen molar-refractivity contribution in [3.05, 3.63) is 12.2 Å². The fourth-order valence-corrected chi connectivity index (χ4v) is 15.2. The van der Waals surface area contributed by atoms with Crippen LogP contribution in [0, 0.1) is 47.9 Å². The fourth-order valence-electron chi connectivity index (χ4n) is 8.73. The number of Topliss-reactive ketones (excluding diaryl/α,β-unsaturated/α-hetero) is 1. The second-order valence-corrected chi connectivity index (χ2v) is 17.7. The maximum atomic E-state index is 12.6. The number of fused-ring (bicyclic) bond motifs is 1. The van der Waals surface area contributed by atoms with Gasteiger partial charge in [-0.1, -0.05) is 73.8 Å². The molecule has 0 amide bonds. The summed E-state index contributed by atoms with van der Waals surface area (Å²) < 4.78 is 0. The van der Waals surface area contributed by atoms with Crippen LogP contribution in [-0.2, 0) is 9.59 Å². The summed E-state index contributed by atoms with van der Waals surface area (Å²) in [5.74, 6) is 2.84. The van der Waals surface area contributed by atoms with Crippen LogP contribution in [0.15, 0.2) is 12.2 Å². The first-order chi connectivity index (χ1) is 19.3. The van der Waals surface area contributed by atoms with Crippen LogP contribution >= 0.6 is 7.41 Å². The Morgan fingerprint density at radius 3 is 2.34 bits per heavy atom. The third-order valence-corrected chi connectivity index (χ3v) is 16.7. The van der Waals surface area contributed by atoms with Gasteiger partial charge in [-0.15, -0.1) is 12.3 Å². The lowest BCUT2D eigenvalue weighted by molar-refractivity contribution is -0.128. The van der Waals surface area contributed by atoms with Crippen molar-refractivity contribution in [3.8, 4) is 12.3 Å². The molecule has 2 aliphatic heterocycles. The zero-order valence-electron chi connectivity index (χ0n) is 27.4. The molecule has 2 heterocycles. The summed E-state index contributed by atoms with van der Waals surface area (Å²) in [6.07, 6.45) is 14.9. The number of aldehydes is 1. The van der Waals surface area contributed by atoms with Crippen LogP contribution in [-0.4, -0.2) is 57.5 Å². The molecule has 0 aliphatic carbocycles.